The van der Waals surface area contributed by atoms with Crippen LogP contribution in [0.4, 0.5) is 0 Å². The van der Waals surface area contributed by atoms with Crippen molar-refractivity contribution in [3.8, 4) is 0 Å². The van der Waals surface area contributed by atoms with Gasteiger partial charge in [0, 0.05) is 24.7 Å². The van der Waals surface area contributed by atoms with E-state index in [2.05, 4.69) is 20.3 Å². The fraction of sp³-hybridized carbons (Fsp3) is 0.368. The summed E-state index contributed by atoms with van der Waals surface area (Å²) in [5.41, 5.74) is 1.04. The van der Waals surface area contributed by atoms with Gasteiger partial charge in [0.05, 0.1) is 17.8 Å². The smallest absolute Gasteiger partial charge is 0.273 e. The van der Waals surface area contributed by atoms with Crippen LogP contribution in [-0.2, 0) is 11.2 Å². The molecule has 3 heterocycles. The third-order valence-corrected chi connectivity index (χ3v) is 5.84. The summed E-state index contributed by atoms with van der Waals surface area (Å²) in [7, 11) is 1.79. The number of hydrogen-bond acceptors (Lipinski definition) is 5. The lowest BCUT2D eigenvalue weighted by Crippen LogP contribution is -2.46. The van der Waals surface area contributed by atoms with E-state index in [9.17, 15) is 9.59 Å². The summed E-state index contributed by atoms with van der Waals surface area (Å²) >= 11 is 1.57. The summed E-state index contributed by atoms with van der Waals surface area (Å²) in [4.78, 5) is 39.4. The van der Waals surface area contributed by atoms with Gasteiger partial charge >= 0.3 is 0 Å². The van der Waals surface area contributed by atoms with Gasteiger partial charge in [-0.15, -0.1) is 11.3 Å². The minimum absolute atomic E-state index is 0.0148. The lowest BCUT2D eigenvalue weighted by molar-refractivity contribution is -0.120. The van der Waals surface area contributed by atoms with Crippen LogP contribution < -0.4 is 5.32 Å². The Hall–Kier alpha value is -2.74. The van der Waals surface area contributed by atoms with E-state index >= 15 is 0 Å². The van der Waals surface area contributed by atoms with E-state index in [0.717, 1.165) is 17.7 Å². The minimum atomic E-state index is -0.147. The van der Waals surface area contributed by atoms with Crippen molar-refractivity contribution in [3.63, 3.8) is 0 Å². The molecule has 1 unspecified atom stereocenters. The highest BCUT2D eigenvalue weighted by Gasteiger charge is 2.36. The molecular weight excluding hydrogens is 362 g/mol. The number of thiophene rings is 1. The van der Waals surface area contributed by atoms with Gasteiger partial charge in [0.2, 0.25) is 5.91 Å². The van der Waals surface area contributed by atoms with Crippen molar-refractivity contribution < 1.29 is 9.59 Å². The van der Waals surface area contributed by atoms with Gasteiger partial charge in [-0.05, 0) is 36.3 Å². The van der Waals surface area contributed by atoms with Gasteiger partial charge in [0.1, 0.15) is 17.7 Å². The molecule has 2 amide bonds. The molecule has 3 aromatic heterocycles. The van der Waals surface area contributed by atoms with E-state index in [1.807, 2.05) is 23.6 Å². The Kier molecular flexibility index (Phi) is 4.89. The number of aromatic amines is 1. The van der Waals surface area contributed by atoms with Crippen LogP contribution in [0, 0.1) is 5.92 Å². The van der Waals surface area contributed by atoms with Gasteiger partial charge < -0.3 is 15.2 Å². The highest BCUT2D eigenvalue weighted by atomic mass is 32.1. The summed E-state index contributed by atoms with van der Waals surface area (Å²) < 4.78 is 0. The summed E-state index contributed by atoms with van der Waals surface area (Å²) in [6.45, 7) is 0.457. The summed E-state index contributed by atoms with van der Waals surface area (Å²) in [5.74, 6) is 0.259. The monoisotopic (exact) mass is 383 g/mol. The highest BCUT2D eigenvalue weighted by Crippen LogP contribution is 2.35. The zero-order valence-corrected chi connectivity index (χ0v) is 15.8. The number of carbonyl (C=O) groups excluding carboxylic acids is 2. The fourth-order valence-corrected chi connectivity index (χ4v) is 4.02. The van der Waals surface area contributed by atoms with Gasteiger partial charge in [-0.2, -0.15) is 0 Å². The number of amides is 2. The van der Waals surface area contributed by atoms with Crippen molar-refractivity contribution in [1.29, 1.82) is 0 Å². The zero-order chi connectivity index (χ0) is 18.8. The van der Waals surface area contributed by atoms with Crippen LogP contribution in [0.5, 0.6) is 0 Å². The average molecular weight is 383 g/mol. The van der Waals surface area contributed by atoms with Gasteiger partial charge in [0.25, 0.3) is 5.91 Å². The van der Waals surface area contributed by atoms with Gasteiger partial charge in [0.15, 0.2) is 0 Å². The first-order valence-electron chi connectivity index (χ1n) is 8.98. The molecule has 1 aliphatic rings. The van der Waals surface area contributed by atoms with E-state index in [1.165, 1.54) is 6.33 Å². The van der Waals surface area contributed by atoms with Crippen molar-refractivity contribution in [2.45, 2.75) is 25.3 Å². The molecule has 3 aromatic rings. The minimum Gasteiger partial charge on any atom is -0.354 e. The van der Waals surface area contributed by atoms with E-state index in [0.29, 0.717) is 35.6 Å². The quantitative estimate of drug-likeness (QED) is 0.655. The molecular formula is C19H21N5O2S. The van der Waals surface area contributed by atoms with Crippen LogP contribution in [-0.4, -0.2) is 51.3 Å². The van der Waals surface area contributed by atoms with E-state index < -0.39 is 0 Å². The lowest BCUT2D eigenvalue weighted by atomic mass is 10.1. The average Bonchev–Trinajstić information content (AvgIpc) is 3.17. The Morgan fingerprint density at radius 3 is 2.96 bits per heavy atom. The van der Waals surface area contributed by atoms with Gasteiger partial charge in [-0.25, -0.2) is 9.97 Å². The van der Waals surface area contributed by atoms with Crippen LogP contribution in [0.25, 0.3) is 11.0 Å². The van der Waals surface area contributed by atoms with E-state index in [4.69, 9.17) is 0 Å². The summed E-state index contributed by atoms with van der Waals surface area (Å²) in [6, 6.07) is 5.67. The number of H-pyrrole nitrogens is 1. The first-order chi connectivity index (χ1) is 13.1. The third kappa shape index (κ3) is 3.85. The van der Waals surface area contributed by atoms with Crippen LogP contribution in [0.15, 0.2) is 36.1 Å². The number of nitrogens with one attached hydrogen (secondary N) is 2. The first-order valence-corrected chi connectivity index (χ1v) is 9.86. The molecule has 1 atom stereocenters. The maximum absolute atomic E-state index is 13.0. The predicted molar refractivity (Wildman–Crippen MR) is 104 cm³/mol. The van der Waals surface area contributed by atoms with Crippen molar-refractivity contribution in [1.82, 2.24) is 25.2 Å². The van der Waals surface area contributed by atoms with E-state index in [1.54, 1.807) is 29.5 Å². The molecule has 4 rings (SSSR count). The Morgan fingerprint density at radius 2 is 2.22 bits per heavy atom. The number of likely N-dealkylation sites (N-methyl/N-ethyl adjacent to an activating group) is 1. The SMILES string of the molecule is CN(C(=O)c1ncnc2[nH]ccc12)C(CNC(=O)Cc1cccs1)C1CC1. The van der Waals surface area contributed by atoms with Crippen LogP contribution >= 0.6 is 11.3 Å². The second kappa shape index (κ2) is 7.48. The second-order valence-electron chi connectivity index (χ2n) is 6.84. The third-order valence-electron chi connectivity index (χ3n) is 4.96. The standard InChI is InChI=1S/C19H21N5O2S/c1-24(19(26)17-14-6-7-20-18(14)23-11-22-17)15(12-4-5-12)10-21-16(25)9-13-3-2-8-27-13/h2-3,6-8,11-12,15H,4-5,9-10H2,1H3,(H,21,25)(H,20,22,23). The highest BCUT2D eigenvalue weighted by molar-refractivity contribution is 7.10. The summed E-state index contributed by atoms with van der Waals surface area (Å²) in [5, 5.41) is 5.67. The topological polar surface area (TPSA) is 91.0 Å². The van der Waals surface area contributed by atoms with Crippen molar-refractivity contribution in [3.05, 3.63) is 46.7 Å². The molecule has 0 aliphatic heterocycles. The van der Waals surface area contributed by atoms with Crippen molar-refractivity contribution in [2.75, 3.05) is 13.6 Å². The molecule has 8 heteroatoms. The number of carbonyl (C=O) groups is 2. The molecule has 7 nitrogen and oxygen atoms in total. The molecule has 140 valence electrons. The molecule has 1 saturated carbocycles. The number of hydrogen-bond donors (Lipinski definition) is 2. The molecule has 0 aromatic carbocycles. The number of fused-ring (bicyclic) bond motifs is 1. The first kappa shape index (κ1) is 17.7. The zero-order valence-electron chi connectivity index (χ0n) is 15.0. The van der Waals surface area contributed by atoms with Gasteiger partial charge in [-0.3, -0.25) is 9.59 Å². The lowest BCUT2D eigenvalue weighted by Gasteiger charge is -2.28. The van der Waals surface area contributed by atoms with Crippen LogP contribution in [0.2, 0.25) is 0 Å². The summed E-state index contributed by atoms with van der Waals surface area (Å²) in [6.07, 6.45) is 5.68. The number of aromatic nitrogens is 3. The number of nitrogens with zero attached hydrogens (tertiary/aromatic N) is 3. The maximum atomic E-state index is 13.0. The molecule has 27 heavy (non-hydrogen) atoms. The molecule has 2 N–H and O–H groups in total. The van der Waals surface area contributed by atoms with Crippen molar-refractivity contribution >= 4 is 34.2 Å². The van der Waals surface area contributed by atoms with Crippen molar-refractivity contribution in [2.24, 2.45) is 5.92 Å². The number of rotatable bonds is 7. The maximum Gasteiger partial charge on any atom is 0.273 e. The van der Waals surface area contributed by atoms with E-state index in [-0.39, 0.29) is 17.9 Å². The van der Waals surface area contributed by atoms with Crippen LogP contribution in [0.1, 0.15) is 28.2 Å². The molecule has 0 saturated heterocycles. The Labute approximate surface area is 160 Å². The molecule has 1 aliphatic carbocycles. The Morgan fingerprint density at radius 1 is 1.37 bits per heavy atom. The molecule has 0 bridgehead atoms. The second-order valence-corrected chi connectivity index (χ2v) is 7.88. The Bertz CT molecular complexity index is 948. The molecule has 1 fully saturated rings. The Balaban J connectivity index is 1.44. The predicted octanol–water partition coefficient (Wildman–Crippen LogP) is 2.23. The van der Waals surface area contributed by atoms with Gasteiger partial charge in [-0.1, -0.05) is 6.07 Å². The normalized spacial score (nSPS) is 14.9. The van der Waals surface area contributed by atoms with Crippen LogP contribution in [0.3, 0.4) is 0 Å². The molecule has 0 radical (unpaired) electrons. The molecule has 0 spiro atoms. The fourth-order valence-electron chi connectivity index (χ4n) is 3.31. The largest absolute Gasteiger partial charge is 0.354 e.